The van der Waals surface area contributed by atoms with Crippen LogP contribution < -0.4 is 0 Å². The molecule has 20 heavy (non-hydrogen) atoms. The monoisotopic (exact) mass is 277 g/mol. The number of nitrogens with zero attached hydrogens (tertiary/aromatic N) is 1. The maximum Gasteiger partial charge on any atom is 0.0900 e. The standard InChI is InChI=1S/C17H27NO2/c1-18(12-17(19)13-20-2)16-10-8-15(9-11-16)14-6-4-3-5-7-14/h3-7,15-17,19H,8-13H2,1-2H3. The van der Waals surface area contributed by atoms with Gasteiger partial charge >= 0.3 is 0 Å². The van der Waals surface area contributed by atoms with Gasteiger partial charge in [0.2, 0.25) is 0 Å². The first-order valence-electron chi connectivity index (χ1n) is 7.63. The van der Waals surface area contributed by atoms with E-state index in [2.05, 4.69) is 42.3 Å². The molecule has 1 atom stereocenters. The van der Waals surface area contributed by atoms with Crippen molar-refractivity contribution in [2.45, 2.75) is 43.7 Å². The zero-order valence-electron chi connectivity index (χ0n) is 12.7. The first kappa shape index (κ1) is 15.5. The van der Waals surface area contributed by atoms with Gasteiger partial charge in [-0.1, -0.05) is 30.3 Å². The lowest BCUT2D eigenvalue weighted by Gasteiger charge is -2.35. The van der Waals surface area contributed by atoms with Gasteiger partial charge in [0.05, 0.1) is 12.7 Å². The van der Waals surface area contributed by atoms with E-state index in [0.717, 1.165) is 0 Å². The number of methoxy groups -OCH3 is 1. The van der Waals surface area contributed by atoms with Crippen LogP contribution in [0, 0.1) is 0 Å². The highest BCUT2D eigenvalue weighted by molar-refractivity contribution is 5.20. The molecule has 0 bridgehead atoms. The van der Waals surface area contributed by atoms with Gasteiger partial charge in [-0.15, -0.1) is 0 Å². The minimum atomic E-state index is -0.378. The Morgan fingerprint density at radius 3 is 2.45 bits per heavy atom. The van der Waals surface area contributed by atoms with Crippen LogP contribution in [-0.2, 0) is 4.74 Å². The third-order valence-electron chi connectivity index (χ3n) is 4.45. The lowest BCUT2D eigenvalue weighted by molar-refractivity contribution is 0.0291. The van der Waals surface area contributed by atoms with Crippen molar-refractivity contribution in [3.8, 4) is 0 Å². The minimum absolute atomic E-state index is 0.378. The Morgan fingerprint density at radius 2 is 1.85 bits per heavy atom. The van der Waals surface area contributed by atoms with Gasteiger partial charge in [-0.2, -0.15) is 0 Å². The van der Waals surface area contributed by atoms with Crippen molar-refractivity contribution >= 4 is 0 Å². The molecule has 0 aliphatic heterocycles. The highest BCUT2D eigenvalue weighted by atomic mass is 16.5. The third kappa shape index (κ3) is 4.30. The number of aliphatic hydroxyl groups excluding tert-OH is 1. The number of rotatable bonds is 6. The molecule has 1 aliphatic rings. The normalized spacial score (nSPS) is 24.8. The quantitative estimate of drug-likeness (QED) is 0.867. The molecule has 0 amide bonds. The third-order valence-corrected chi connectivity index (χ3v) is 4.45. The fourth-order valence-electron chi connectivity index (χ4n) is 3.30. The average molecular weight is 277 g/mol. The second kappa shape index (κ2) is 7.77. The predicted molar refractivity (Wildman–Crippen MR) is 82.0 cm³/mol. The minimum Gasteiger partial charge on any atom is -0.389 e. The van der Waals surface area contributed by atoms with E-state index in [1.54, 1.807) is 7.11 Å². The molecule has 1 saturated carbocycles. The molecule has 0 aromatic heterocycles. The molecule has 0 saturated heterocycles. The van der Waals surface area contributed by atoms with E-state index in [4.69, 9.17) is 4.74 Å². The highest BCUT2D eigenvalue weighted by Crippen LogP contribution is 2.34. The van der Waals surface area contributed by atoms with Crippen LogP contribution in [0.4, 0.5) is 0 Å². The summed E-state index contributed by atoms with van der Waals surface area (Å²) in [5, 5.41) is 9.81. The molecule has 3 nitrogen and oxygen atoms in total. The molecule has 1 fully saturated rings. The highest BCUT2D eigenvalue weighted by Gasteiger charge is 2.25. The molecular formula is C17H27NO2. The number of likely N-dealkylation sites (N-methyl/N-ethyl adjacent to an activating group) is 1. The molecule has 0 spiro atoms. The Kier molecular flexibility index (Phi) is 6.02. The Labute approximate surface area is 122 Å². The maximum atomic E-state index is 9.81. The first-order valence-corrected chi connectivity index (χ1v) is 7.63. The summed E-state index contributed by atoms with van der Waals surface area (Å²) >= 11 is 0. The van der Waals surface area contributed by atoms with Crippen LogP contribution in [0.5, 0.6) is 0 Å². The SMILES string of the molecule is COCC(O)CN(C)C1CCC(c2ccccc2)CC1. The fraction of sp³-hybridized carbons (Fsp3) is 0.647. The smallest absolute Gasteiger partial charge is 0.0900 e. The summed E-state index contributed by atoms with van der Waals surface area (Å²) < 4.78 is 4.99. The number of aliphatic hydroxyl groups is 1. The van der Waals surface area contributed by atoms with E-state index < -0.39 is 0 Å². The van der Waals surface area contributed by atoms with E-state index in [1.807, 2.05) is 0 Å². The molecule has 0 radical (unpaired) electrons. The van der Waals surface area contributed by atoms with Gasteiger partial charge in [-0.3, -0.25) is 0 Å². The van der Waals surface area contributed by atoms with Crippen LogP contribution in [-0.4, -0.2) is 49.5 Å². The van der Waals surface area contributed by atoms with Crippen LogP contribution >= 0.6 is 0 Å². The second-order valence-electron chi connectivity index (χ2n) is 5.96. The summed E-state index contributed by atoms with van der Waals surface area (Å²) in [7, 11) is 3.75. The maximum absolute atomic E-state index is 9.81. The summed E-state index contributed by atoms with van der Waals surface area (Å²) in [6.45, 7) is 1.12. The van der Waals surface area contributed by atoms with Crippen LogP contribution in [0.25, 0.3) is 0 Å². The number of hydrogen-bond donors (Lipinski definition) is 1. The summed E-state index contributed by atoms with van der Waals surface area (Å²) in [6, 6.07) is 11.4. The summed E-state index contributed by atoms with van der Waals surface area (Å²) in [6.07, 6.45) is 4.56. The molecule has 1 aromatic rings. The summed E-state index contributed by atoms with van der Waals surface area (Å²) in [4.78, 5) is 2.30. The van der Waals surface area contributed by atoms with Crippen LogP contribution in [0.1, 0.15) is 37.2 Å². The second-order valence-corrected chi connectivity index (χ2v) is 5.96. The Hall–Kier alpha value is -0.900. The van der Waals surface area contributed by atoms with Crippen molar-refractivity contribution in [2.24, 2.45) is 0 Å². The Morgan fingerprint density at radius 1 is 1.20 bits per heavy atom. The van der Waals surface area contributed by atoms with E-state index >= 15 is 0 Å². The van der Waals surface area contributed by atoms with Crippen molar-refractivity contribution in [1.82, 2.24) is 4.90 Å². The van der Waals surface area contributed by atoms with Crippen molar-refractivity contribution in [1.29, 1.82) is 0 Å². The van der Waals surface area contributed by atoms with Gasteiger partial charge in [-0.05, 0) is 44.2 Å². The van der Waals surface area contributed by atoms with Gasteiger partial charge in [0.1, 0.15) is 0 Å². The van der Waals surface area contributed by atoms with Gasteiger partial charge < -0.3 is 14.7 Å². The Balaban J connectivity index is 1.79. The largest absolute Gasteiger partial charge is 0.389 e. The van der Waals surface area contributed by atoms with Crippen LogP contribution in [0.3, 0.4) is 0 Å². The first-order chi connectivity index (χ1) is 9.70. The van der Waals surface area contributed by atoms with Crippen molar-refractivity contribution in [3.63, 3.8) is 0 Å². The number of benzene rings is 1. The Bertz CT molecular complexity index is 374. The molecule has 2 rings (SSSR count). The molecule has 1 N–H and O–H groups in total. The topological polar surface area (TPSA) is 32.7 Å². The average Bonchev–Trinajstić information content (AvgIpc) is 2.48. The molecular weight excluding hydrogens is 250 g/mol. The van der Waals surface area contributed by atoms with E-state index in [1.165, 1.54) is 31.2 Å². The molecule has 1 aromatic carbocycles. The van der Waals surface area contributed by atoms with Crippen LogP contribution in [0.2, 0.25) is 0 Å². The molecule has 1 unspecified atom stereocenters. The van der Waals surface area contributed by atoms with Crippen molar-refractivity contribution < 1.29 is 9.84 Å². The van der Waals surface area contributed by atoms with Crippen molar-refractivity contribution in [2.75, 3.05) is 27.3 Å². The van der Waals surface area contributed by atoms with Crippen molar-refractivity contribution in [3.05, 3.63) is 35.9 Å². The number of hydrogen-bond acceptors (Lipinski definition) is 3. The summed E-state index contributed by atoms with van der Waals surface area (Å²) in [5.41, 5.74) is 1.48. The van der Waals surface area contributed by atoms with Gasteiger partial charge in [0, 0.05) is 19.7 Å². The zero-order chi connectivity index (χ0) is 14.4. The predicted octanol–water partition coefficient (Wildman–Crippen LogP) is 2.65. The fourth-order valence-corrected chi connectivity index (χ4v) is 3.30. The summed E-state index contributed by atoms with van der Waals surface area (Å²) in [5.74, 6) is 0.713. The van der Waals surface area contributed by atoms with Crippen LogP contribution in [0.15, 0.2) is 30.3 Å². The lowest BCUT2D eigenvalue weighted by atomic mass is 9.81. The molecule has 0 heterocycles. The lowest BCUT2D eigenvalue weighted by Crippen LogP contribution is -2.40. The van der Waals surface area contributed by atoms with E-state index in [0.29, 0.717) is 25.1 Å². The molecule has 112 valence electrons. The van der Waals surface area contributed by atoms with Gasteiger partial charge in [0.25, 0.3) is 0 Å². The molecule has 1 aliphatic carbocycles. The van der Waals surface area contributed by atoms with Gasteiger partial charge in [-0.25, -0.2) is 0 Å². The zero-order valence-corrected chi connectivity index (χ0v) is 12.7. The van der Waals surface area contributed by atoms with Gasteiger partial charge in [0.15, 0.2) is 0 Å². The molecule has 3 heteroatoms. The number of ether oxygens (including phenoxy) is 1. The van der Waals surface area contributed by atoms with E-state index in [9.17, 15) is 5.11 Å². The van der Waals surface area contributed by atoms with E-state index in [-0.39, 0.29) is 6.10 Å².